The SMILES string of the molecule is CN(C(=O)c1cc(Br)c(Br)s1)[C@H]1CNC[C@@H]1O. The van der Waals surface area contributed by atoms with Crippen LogP contribution in [0.1, 0.15) is 9.67 Å². The summed E-state index contributed by atoms with van der Waals surface area (Å²) in [5.74, 6) is -0.0610. The third kappa shape index (κ3) is 2.73. The van der Waals surface area contributed by atoms with E-state index < -0.39 is 6.10 Å². The summed E-state index contributed by atoms with van der Waals surface area (Å²) >= 11 is 8.12. The number of thiophene rings is 1. The molecule has 0 unspecified atom stereocenters. The Morgan fingerprint density at radius 1 is 1.59 bits per heavy atom. The zero-order valence-electron chi connectivity index (χ0n) is 9.11. The molecule has 0 aromatic carbocycles. The molecule has 0 bridgehead atoms. The number of hydrogen-bond donors (Lipinski definition) is 2. The molecule has 1 aliphatic rings. The largest absolute Gasteiger partial charge is 0.390 e. The van der Waals surface area contributed by atoms with E-state index in [1.807, 2.05) is 0 Å². The first kappa shape index (κ1) is 13.5. The van der Waals surface area contributed by atoms with Crippen molar-refractivity contribution in [3.05, 3.63) is 19.2 Å². The van der Waals surface area contributed by atoms with Gasteiger partial charge in [-0.05, 0) is 37.9 Å². The molecule has 2 heterocycles. The fraction of sp³-hybridized carbons (Fsp3) is 0.500. The molecule has 94 valence electrons. The number of carbonyl (C=O) groups excluding carboxylic acids is 1. The Kier molecular flexibility index (Phi) is 4.25. The van der Waals surface area contributed by atoms with Crippen LogP contribution in [0.15, 0.2) is 14.3 Å². The number of hydrogen-bond acceptors (Lipinski definition) is 4. The van der Waals surface area contributed by atoms with Crippen LogP contribution in [0.3, 0.4) is 0 Å². The molecule has 1 aromatic heterocycles. The number of nitrogens with one attached hydrogen (secondary N) is 1. The summed E-state index contributed by atoms with van der Waals surface area (Å²) in [6.07, 6.45) is -0.490. The minimum absolute atomic E-state index is 0.0610. The highest BCUT2D eigenvalue weighted by atomic mass is 79.9. The van der Waals surface area contributed by atoms with Gasteiger partial charge in [0.05, 0.1) is 20.8 Å². The van der Waals surface area contributed by atoms with Gasteiger partial charge >= 0.3 is 0 Å². The summed E-state index contributed by atoms with van der Waals surface area (Å²) in [6.45, 7) is 1.18. The molecule has 1 aliphatic heterocycles. The summed E-state index contributed by atoms with van der Waals surface area (Å²) in [5, 5.41) is 12.8. The lowest BCUT2D eigenvalue weighted by atomic mass is 10.2. The molecule has 0 spiro atoms. The fourth-order valence-electron chi connectivity index (χ4n) is 1.82. The normalized spacial score (nSPS) is 24.0. The van der Waals surface area contributed by atoms with Gasteiger partial charge in [0.25, 0.3) is 5.91 Å². The van der Waals surface area contributed by atoms with Crippen molar-refractivity contribution in [2.75, 3.05) is 20.1 Å². The van der Waals surface area contributed by atoms with E-state index in [9.17, 15) is 9.90 Å². The van der Waals surface area contributed by atoms with Crippen molar-refractivity contribution >= 4 is 49.1 Å². The van der Waals surface area contributed by atoms with Crippen LogP contribution < -0.4 is 5.32 Å². The molecule has 1 amide bonds. The minimum Gasteiger partial charge on any atom is -0.390 e. The quantitative estimate of drug-likeness (QED) is 0.816. The molecular weight excluding hydrogens is 372 g/mol. The maximum Gasteiger partial charge on any atom is 0.264 e. The monoisotopic (exact) mass is 382 g/mol. The Morgan fingerprint density at radius 3 is 2.76 bits per heavy atom. The zero-order valence-corrected chi connectivity index (χ0v) is 13.1. The molecule has 2 atom stereocenters. The Morgan fingerprint density at radius 2 is 2.29 bits per heavy atom. The molecule has 1 fully saturated rings. The Hall–Kier alpha value is 0.0500. The van der Waals surface area contributed by atoms with Crippen molar-refractivity contribution in [2.24, 2.45) is 0 Å². The first-order chi connectivity index (χ1) is 8.00. The van der Waals surface area contributed by atoms with Gasteiger partial charge in [0, 0.05) is 24.6 Å². The number of halogens is 2. The van der Waals surface area contributed by atoms with Gasteiger partial charge < -0.3 is 15.3 Å². The Bertz CT molecular complexity index is 418. The zero-order chi connectivity index (χ0) is 12.6. The molecule has 17 heavy (non-hydrogen) atoms. The van der Waals surface area contributed by atoms with Crippen molar-refractivity contribution in [3.8, 4) is 0 Å². The van der Waals surface area contributed by atoms with Gasteiger partial charge in [-0.3, -0.25) is 4.79 Å². The van der Waals surface area contributed by atoms with Gasteiger partial charge in [0.1, 0.15) is 0 Å². The molecule has 4 nitrogen and oxygen atoms in total. The second-order valence-electron chi connectivity index (χ2n) is 3.94. The highest BCUT2D eigenvalue weighted by molar-refractivity contribution is 9.13. The van der Waals surface area contributed by atoms with Gasteiger partial charge in [0.15, 0.2) is 0 Å². The minimum atomic E-state index is -0.490. The number of carbonyl (C=O) groups is 1. The first-order valence-corrected chi connectivity index (χ1v) is 7.51. The third-order valence-corrected chi connectivity index (χ3v) is 6.07. The number of aliphatic hydroxyl groups is 1. The van der Waals surface area contributed by atoms with Crippen LogP contribution in [-0.4, -0.2) is 48.2 Å². The summed E-state index contributed by atoms with van der Waals surface area (Å²) in [5.41, 5.74) is 0. The van der Waals surface area contributed by atoms with E-state index in [2.05, 4.69) is 37.2 Å². The van der Waals surface area contributed by atoms with Crippen LogP contribution in [0, 0.1) is 0 Å². The molecular formula is C10H12Br2N2O2S. The molecule has 0 saturated carbocycles. The van der Waals surface area contributed by atoms with E-state index in [1.54, 1.807) is 18.0 Å². The van der Waals surface area contributed by atoms with Gasteiger partial charge in [-0.15, -0.1) is 11.3 Å². The van der Waals surface area contributed by atoms with Crippen molar-refractivity contribution in [1.82, 2.24) is 10.2 Å². The van der Waals surface area contributed by atoms with Crippen LogP contribution in [-0.2, 0) is 0 Å². The highest BCUT2D eigenvalue weighted by Gasteiger charge is 2.32. The number of amides is 1. The lowest BCUT2D eigenvalue weighted by molar-refractivity contribution is 0.0585. The van der Waals surface area contributed by atoms with Crippen LogP contribution >= 0.6 is 43.2 Å². The Labute approximate surface area is 120 Å². The predicted octanol–water partition coefficient (Wildman–Crippen LogP) is 1.68. The summed E-state index contributed by atoms with van der Waals surface area (Å²) in [4.78, 5) is 14.5. The van der Waals surface area contributed by atoms with Crippen molar-refractivity contribution in [2.45, 2.75) is 12.1 Å². The lowest BCUT2D eigenvalue weighted by Gasteiger charge is -2.25. The van der Waals surface area contributed by atoms with E-state index in [0.29, 0.717) is 18.0 Å². The van der Waals surface area contributed by atoms with Crippen LogP contribution in [0.5, 0.6) is 0 Å². The van der Waals surface area contributed by atoms with Crippen LogP contribution in [0.25, 0.3) is 0 Å². The molecule has 1 aromatic rings. The van der Waals surface area contributed by atoms with E-state index in [1.165, 1.54) is 11.3 Å². The topological polar surface area (TPSA) is 52.6 Å². The van der Waals surface area contributed by atoms with Crippen molar-refractivity contribution in [1.29, 1.82) is 0 Å². The molecule has 0 radical (unpaired) electrons. The summed E-state index contributed by atoms with van der Waals surface area (Å²) < 4.78 is 1.78. The standard InChI is InChI=1S/C10H12Br2N2O2S/c1-14(6-3-13-4-7(6)15)10(16)8-2-5(11)9(12)17-8/h2,6-7,13,15H,3-4H2,1H3/t6-,7-/m0/s1. The number of nitrogens with zero attached hydrogens (tertiary/aromatic N) is 1. The second kappa shape index (κ2) is 5.36. The van der Waals surface area contributed by atoms with Crippen molar-refractivity contribution < 1.29 is 9.90 Å². The predicted molar refractivity (Wildman–Crippen MR) is 74.5 cm³/mol. The number of likely N-dealkylation sites (N-methyl/N-ethyl adjacent to an activating group) is 1. The maximum absolute atomic E-state index is 12.2. The van der Waals surface area contributed by atoms with E-state index >= 15 is 0 Å². The van der Waals surface area contributed by atoms with Gasteiger partial charge in [-0.2, -0.15) is 0 Å². The average Bonchev–Trinajstić information content (AvgIpc) is 2.84. The molecule has 7 heteroatoms. The van der Waals surface area contributed by atoms with Gasteiger partial charge in [-0.1, -0.05) is 0 Å². The highest BCUT2D eigenvalue weighted by Crippen LogP contribution is 2.33. The molecule has 2 N–H and O–H groups in total. The van der Waals surface area contributed by atoms with Crippen molar-refractivity contribution in [3.63, 3.8) is 0 Å². The molecule has 1 saturated heterocycles. The van der Waals surface area contributed by atoms with Crippen LogP contribution in [0.2, 0.25) is 0 Å². The van der Waals surface area contributed by atoms with Gasteiger partial charge in [0.2, 0.25) is 0 Å². The number of rotatable bonds is 2. The smallest absolute Gasteiger partial charge is 0.264 e. The maximum atomic E-state index is 12.2. The second-order valence-corrected chi connectivity index (χ2v) is 7.17. The molecule has 0 aliphatic carbocycles. The van der Waals surface area contributed by atoms with Gasteiger partial charge in [-0.25, -0.2) is 0 Å². The fourth-order valence-corrected chi connectivity index (χ4v) is 3.84. The lowest BCUT2D eigenvalue weighted by Crippen LogP contribution is -2.44. The van der Waals surface area contributed by atoms with E-state index in [0.717, 1.165) is 8.26 Å². The van der Waals surface area contributed by atoms with E-state index in [4.69, 9.17) is 0 Å². The van der Waals surface area contributed by atoms with E-state index in [-0.39, 0.29) is 11.9 Å². The summed E-state index contributed by atoms with van der Waals surface area (Å²) in [7, 11) is 1.73. The Balaban J connectivity index is 2.14. The average molecular weight is 384 g/mol. The first-order valence-electron chi connectivity index (χ1n) is 5.11. The number of β-amino-alcohol motifs (C(OH)–C–C–N with tert-alkyl or cyclic N) is 1. The number of aliphatic hydroxyl groups excluding tert-OH is 1. The molecule has 2 rings (SSSR count). The summed E-state index contributed by atoms with van der Waals surface area (Å²) in [6, 6.07) is 1.64. The van der Waals surface area contributed by atoms with Crippen LogP contribution in [0.4, 0.5) is 0 Å². The third-order valence-electron chi connectivity index (χ3n) is 2.82.